The van der Waals surface area contributed by atoms with Crippen LogP contribution in [-0.2, 0) is 24.8 Å². The summed E-state index contributed by atoms with van der Waals surface area (Å²) in [6, 6.07) is 16.6. The van der Waals surface area contributed by atoms with Gasteiger partial charge < -0.3 is 4.74 Å². The predicted octanol–water partition coefficient (Wildman–Crippen LogP) is 4.49. The van der Waals surface area contributed by atoms with Crippen LogP contribution in [0.3, 0.4) is 0 Å². The normalized spacial score (nSPS) is 18.2. The van der Waals surface area contributed by atoms with E-state index in [0.29, 0.717) is 12.5 Å². The van der Waals surface area contributed by atoms with E-state index in [1.807, 2.05) is 48.4 Å². The third-order valence-electron chi connectivity index (χ3n) is 7.51. The molecular weight excluding hydrogens is 500 g/mol. The second kappa shape index (κ2) is 12.4. The van der Waals surface area contributed by atoms with E-state index < -0.39 is 0 Å². The fourth-order valence-electron chi connectivity index (χ4n) is 5.08. The molecule has 2 aromatic carbocycles. The Kier molecular flexibility index (Phi) is 8.57. The van der Waals surface area contributed by atoms with Crippen LogP contribution in [-0.4, -0.2) is 57.8 Å². The first-order valence-corrected chi connectivity index (χ1v) is 14.0. The van der Waals surface area contributed by atoms with E-state index in [0.717, 1.165) is 61.8 Å². The summed E-state index contributed by atoms with van der Waals surface area (Å²) in [5, 5.41) is 11.5. The number of anilines is 1. The van der Waals surface area contributed by atoms with Gasteiger partial charge in [-0.25, -0.2) is 9.80 Å². The zero-order valence-corrected chi connectivity index (χ0v) is 23.7. The lowest BCUT2D eigenvalue weighted by molar-refractivity contribution is 0.0342. The summed E-state index contributed by atoms with van der Waals surface area (Å²) in [5.41, 5.74) is 5.92. The van der Waals surface area contributed by atoms with E-state index in [2.05, 4.69) is 54.8 Å². The SMILES string of the molecule is C=C(/C=C\C=C/C)[C@H]1CN(c2nn(-c3ccc(CN4CCOCC4)cc3)c(=O)n2C)N=C1c1ccc(CC)cc1. The molecule has 1 fully saturated rings. The molecule has 0 amide bonds. The quantitative estimate of drug-likeness (QED) is 0.376. The number of morpholine rings is 1. The van der Waals surface area contributed by atoms with Gasteiger partial charge in [0.05, 0.1) is 31.2 Å². The molecule has 2 aliphatic heterocycles. The molecule has 0 bridgehead atoms. The Morgan fingerprint density at radius 1 is 1.05 bits per heavy atom. The van der Waals surface area contributed by atoms with Gasteiger partial charge in [-0.1, -0.05) is 74.2 Å². The van der Waals surface area contributed by atoms with Crippen molar-refractivity contribution in [3.8, 4) is 5.69 Å². The number of rotatable bonds is 9. The molecule has 3 aromatic rings. The molecule has 0 N–H and O–H groups in total. The minimum absolute atomic E-state index is 0.0336. The lowest BCUT2D eigenvalue weighted by Gasteiger charge is -2.26. The maximum Gasteiger partial charge on any atom is 0.351 e. The monoisotopic (exact) mass is 538 g/mol. The van der Waals surface area contributed by atoms with Crippen LogP contribution in [0.4, 0.5) is 5.95 Å². The Morgan fingerprint density at radius 3 is 2.42 bits per heavy atom. The number of aryl methyl sites for hydroxylation is 1. The van der Waals surface area contributed by atoms with Gasteiger partial charge in [-0.2, -0.15) is 9.78 Å². The van der Waals surface area contributed by atoms with Crippen LogP contribution in [0.2, 0.25) is 0 Å². The molecule has 8 nitrogen and oxygen atoms in total. The van der Waals surface area contributed by atoms with Crippen molar-refractivity contribution >= 4 is 11.7 Å². The van der Waals surface area contributed by atoms with Crippen LogP contribution in [0.1, 0.15) is 30.5 Å². The van der Waals surface area contributed by atoms with E-state index in [9.17, 15) is 4.79 Å². The largest absolute Gasteiger partial charge is 0.379 e. The molecule has 2 aliphatic rings. The summed E-state index contributed by atoms with van der Waals surface area (Å²) in [5.74, 6) is 0.464. The van der Waals surface area contributed by atoms with E-state index in [4.69, 9.17) is 14.9 Å². The number of aromatic nitrogens is 3. The van der Waals surface area contributed by atoms with Crippen molar-refractivity contribution in [3.63, 3.8) is 0 Å². The van der Waals surface area contributed by atoms with E-state index >= 15 is 0 Å². The average Bonchev–Trinajstić information content (AvgIpc) is 3.55. The molecule has 0 saturated carbocycles. The molecule has 40 heavy (non-hydrogen) atoms. The Balaban J connectivity index is 1.42. The average molecular weight is 539 g/mol. The number of allylic oxidation sites excluding steroid dienone is 4. The minimum Gasteiger partial charge on any atom is -0.379 e. The zero-order chi connectivity index (χ0) is 28.1. The number of benzene rings is 2. The van der Waals surface area contributed by atoms with Gasteiger partial charge in [-0.3, -0.25) is 9.47 Å². The maximum atomic E-state index is 13.3. The Bertz CT molecular complexity index is 1470. The lowest BCUT2D eigenvalue weighted by Crippen LogP contribution is -2.35. The fourth-order valence-corrected chi connectivity index (χ4v) is 5.08. The Morgan fingerprint density at radius 2 is 1.75 bits per heavy atom. The second-order valence-electron chi connectivity index (χ2n) is 10.2. The Labute approximate surface area is 236 Å². The molecular formula is C32H38N6O2. The first-order chi connectivity index (χ1) is 19.5. The molecule has 5 rings (SSSR count). The third-order valence-corrected chi connectivity index (χ3v) is 7.51. The van der Waals surface area contributed by atoms with Gasteiger partial charge in [0.1, 0.15) is 0 Å². The highest BCUT2D eigenvalue weighted by Crippen LogP contribution is 2.29. The minimum atomic E-state index is -0.213. The molecule has 0 spiro atoms. The summed E-state index contributed by atoms with van der Waals surface area (Å²) < 4.78 is 8.46. The number of nitrogens with zero attached hydrogens (tertiary/aromatic N) is 6. The molecule has 1 saturated heterocycles. The smallest absolute Gasteiger partial charge is 0.351 e. The molecule has 0 unspecified atom stereocenters. The lowest BCUT2D eigenvalue weighted by atomic mass is 9.90. The second-order valence-corrected chi connectivity index (χ2v) is 10.2. The maximum absolute atomic E-state index is 13.3. The number of hydrogen-bond acceptors (Lipinski definition) is 6. The molecule has 1 aromatic heterocycles. The molecule has 1 atom stereocenters. The summed E-state index contributed by atoms with van der Waals surface area (Å²) >= 11 is 0. The predicted molar refractivity (Wildman–Crippen MR) is 161 cm³/mol. The highest BCUT2D eigenvalue weighted by molar-refractivity contribution is 6.06. The number of hydrogen-bond donors (Lipinski definition) is 0. The van der Waals surface area contributed by atoms with E-state index in [1.54, 1.807) is 11.6 Å². The van der Waals surface area contributed by atoms with Crippen LogP contribution >= 0.6 is 0 Å². The van der Waals surface area contributed by atoms with Crippen molar-refractivity contribution in [2.75, 3.05) is 37.9 Å². The summed E-state index contributed by atoms with van der Waals surface area (Å²) in [6.45, 7) is 13.3. The van der Waals surface area contributed by atoms with Gasteiger partial charge >= 0.3 is 5.69 Å². The van der Waals surface area contributed by atoms with Gasteiger partial charge in [0, 0.05) is 32.6 Å². The molecule has 3 heterocycles. The van der Waals surface area contributed by atoms with Crippen molar-refractivity contribution < 1.29 is 4.74 Å². The first kappa shape index (κ1) is 27.6. The van der Waals surface area contributed by atoms with Gasteiger partial charge in [0.2, 0.25) is 5.95 Å². The highest BCUT2D eigenvalue weighted by atomic mass is 16.5. The molecule has 8 heteroatoms. The van der Waals surface area contributed by atoms with Crippen molar-refractivity contribution in [2.24, 2.45) is 18.1 Å². The van der Waals surface area contributed by atoms with Crippen molar-refractivity contribution in [3.05, 3.63) is 112 Å². The summed E-state index contributed by atoms with van der Waals surface area (Å²) in [6.07, 6.45) is 8.98. The van der Waals surface area contributed by atoms with Gasteiger partial charge in [-0.05, 0) is 47.7 Å². The third kappa shape index (κ3) is 5.93. The summed E-state index contributed by atoms with van der Waals surface area (Å²) in [7, 11) is 1.74. The van der Waals surface area contributed by atoms with Crippen LogP contribution in [0.15, 0.2) is 94.9 Å². The fraction of sp³-hybridized carbons (Fsp3) is 0.344. The van der Waals surface area contributed by atoms with Crippen LogP contribution < -0.4 is 10.7 Å². The van der Waals surface area contributed by atoms with Gasteiger partial charge in [0.25, 0.3) is 0 Å². The van der Waals surface area contributed by atoms with Crippen LogP contribution in [0.5, 0.6) is 0 Å². The molecule has 0 aliphatic carbocycles. The topological polar surface area (TPSA) is 67.9 Å². The Hall–Kier alpha value is -4.01. The number of hydrazone groups is 1. The molecule has 208 valence electrons. The summed E-state index contributed by atoms with van der Waals surface area (Å²) in [4.78, 5) is 15.7. The zero-order valence-electron chi connectivity index (χ0n) is 23.7. The van der Waals surface area contributed by atoms with Crippen LogP contribution in [0, 0.1) is 5.92 Å². The number of ether oxygens (including phenoxy) is 1. The van der Waals surface area contributed by atoms with Gasteiger partial charge in [0.15, 0.2) is 0 Å². The standard InChI is InChI=1S/C32H38N6O2/c1-5-7-8-9-24(3)29-23-37(33-30(29)27-14-10-25(6-2)11-15-27)31-34-38(32(39)35(31)4)28-16-12-26(13-17-28)22-36-18-20-40-21-19-36/h5,7-17,29H,3,6,18-23H2,1-2,4H3/b7-5-,9-8-/t29-/m1/s1. The van der Waals surface area contributed by atoms with Gasteiger partial charge in [-0.15, -0.1) is 5.10 Å². The van der Waals surface area contributed by atoms with Crippen molar-refractivity contribution in [1.29, 1.82) is 0 Å². The van der Waals surface area contributed by atoms with Crippen LogP contribution in [0.25, 0.3) is 5.69 Å². The van der Waals surface area contributed by atoms with E-state index in [-0.39, 0.29) is 11.6 Å². The first-order valence-electron chi connectivity index (χ1n) is 14.0. The van der Waals surface area contributed by atoms with E-state index in [1.165, 1.54) is 15.8 Å². The van der Waals surface area contributed by atoms with Crippen molar-refractivity contribution in [1.82, 2.24) is 19.2 Å². The highest BCUT2D eigenvalue weighted by Gasteiger charge is 2.32. The molecule has 0 radical (unpaired) electrons. The van der Waals surface area contributed by atoms with Crippen molar-refractivity contribution in [2.45, 2.75) is 26.8 Å².